The number of hydrogen-bond acceptors (Lipinski definition) is 4. The lowest BCUT2D eigenvalue weighted by Crippen LogP contribution is -2.41. The highest BCUT2D eigenvalue weighted by Crippen LogP contribution is 2.24. The number of H-pyrrole nitrogens is 1. The van der Waals surface area contributed by atoms with Crippen molar-refractivity contribution >= 4 is 44.6 Å². The van der Waals surface area contributed by atoms with Gasteiger partial charge in [-0.2, -0.15) is 0 Å². The van der Waals surface area contributed by atoms with E-state index >= 15 is 0 Å². The summed E-state index contributed by atoms with van der Waals surface area (Å²) in [6, 6.07) is 11.6. The number of anilines is 2. The smallest absolute Gasteiger partial charge is 0.230 e. The fourth-order valence-corrected chi connectivity index (χ4v) is 3.39. The van der Waals surface area contributed by atoms with E-state index in [1.807, 2.05) is 30.3 Å². The van der Waals surface area contributed by atoms with Crippen molar-refractivity contribution in [3.05, 3.63) is 47.1 Å². The molecule has 3 aromatic rings. The quantitative estimate of drug-likeness (QED) is 0.705. The summed E-state index contributed by atoms with van der Waals surface area (Å²) in [4.78, 5) is 26.9. The molecule has 1 saturated heterocycles. The lowest BCUT2D eigenvalue weighted by Gasteiger charge is -2.31. The van der Waals surface area contributed by atoms with Crippen LogP contribution in [0.2, 0.25) is 0 Å². The minimum absolute atomic E-state index is 0.00985. The third-order valence-corrected chi connectivity index (χ3v) is 4.92. The number of hydrogen-bond donors (Lipinski definition) is 2. The summed E-state index contributed by atoms with van der Waals surface area (Å²) in [6.07, 6.45) is 3.51. The molecule has 1 amide bonds. The monoisotopic (exact) mass is 399 g/mol. The molecule has 1 atom stereocenters. The van der Waals surface area contributed by atoms with Crippen LogP contribution >= 0.6 is 15.9 Å². The van der Waals surface area contributed by atoms with Gasteiger partial charge in [-0.3, -0.25) is 4.79 Å². The summed E-state index contributed by atoms with van der Waals surface area (Å²) in [7, 11) is 0. The first-order valence-corrected chi connectivity index (χ1v) is 9.10. The number of piperidine rings is 1. The van der Waals surface area contributed by atoms with Crippen molar-refractivity contribution in [1.82, 2.24) is 15.0 Å². The zero-order valence-corrected chi connectivity index (χ0v) is 15.2. The molecular weight excluding hydrogens is 382 g/mol. The second kappa shape index (κ2) is 6.84. The van der Waals surface area contributed by atoms with E-state index in [2.05, 4.69) is 41.1 Å². The highest BCUT2D eigenvalue weighted by molar-refractivity contribution is 9.10. The Morgan fingerprint density at radius 1 is 1.28 bits per heavy atom. The van der Waals surface area contributed by atoms with Gasteiger partial charge in [0.05, 0.1) is 17.0 Å². The Balaban J connectivity index is 1.46. The number of nitrogens with zero attached hydrogens (tertiary/aromatic N) is 3. The molecule has 0 saturated carbocycles. The second-order valence-electron chi connectivity index (χ2n) is 6.21. The molecule has 4 rings (SSSR count). The Morgan fingerprint density at radius 3 is 2.96 bits per heavy atom. The van der Waals surface area contributed by atoms with Gasteiger partial charge >= 0.3 is 0 Å². The van der Waals surface area contributed by atoms with Gasteiger partial charge in [-0.05, 0) is 53.0 Å². The van der Waals surface area contributed by atoms with Crippen molar-refractivity contribution in [3.63, 3.8) is 0 Å². The largest absolute Gasteiger partial charge is 0.342 e. The van der Waals surface area contributed by atoms with Crippen molar-refractivity contribution in [2.24, 2.45) is 5.92 Å². The average molecular weight is 400 g/mol. The molecule has 2 N–H and O–H groups in total. The molecular formula is C18H18BrN5O. The van der Waals surface area contributed by atoms with Crippen LogP contribution in [0.25, 0.3) is 11.0 Å². The first-order chi connectivity index (χ1) is 12.2. The van der Waals surface area contributed by atoms with Gasteiger partial charge in [-0.15, -0.1) is 0 Å². The van der Waals surface area contributed by atoms with Gasteiger partial charge < -0.3 is 15.2 Å². The number of aromatic nitrogens is 3. The van der Waals surface area contributed by atoms with Crippen LogP contribution in [0.5, 0.6) is 0 Å². The Bertz CT molecular complexity index is 859. The number of carbonyl (C=O) groups is 1. The molecule has 0 bridgehead atoms. The molecule has 6 nitrogen and oxygen atoms in total. The predicted octanol–water partition coefficient (Wildman–Crippen LogP) is 3.58. The van der Waals surface area contributed by atoms with E-state index in [1.165, 1.54) is 0 Å². The van der Waals surface area contributed by atoms with Crippen LogP contribution in [0.1, 0.15) is 12.8 Å². The Hall–Kier alpha value is -2.41. The van der Waals surface area contributed by atoms with Crippen LogP contribution in [0.15, 0.2) is 47.1 Å². The van der Waals surface area contributed by atoms with Gasteiger partial charge in [0, 0.05) is 23.8 Å². The number of rotatable bonds is 3. The van der Waals surface area contributed by atoms with Crippen LogP contribution in [0.4, 0.5) is 11.8 Å². The minimum atomic E-state index is -0.0765. The molecule has 1 aliphatic heterocycles. The van der Waals surface area contributed by atoms with Crippen LogP contribution in [-0.2, 0) is 4.79 Å². The van der Waals surface area contributed by atoms with E-state index in [0.717, 1.165) is 40.8 Å². The van der Waals surface area contributed by atoms with Gasteiger partial charge in [0.15, 0.2) is 0 Å². The maximum Gasteiger partial charge on any atom is 0.230 e. The number of amides is 1. The first-order valence-electron chi connectivity index (χ1n) is 8.31. The lowest BCUT2D eigenvalue weighted by atomic mass is 9.97. The van der Waals surface area contributed by atoms with Crippen LogP contribution in [-0.4, -0.2) is 33.9 Å². The molecule has 2 aromatic heterocycles. The molecule has 3 heterocycles. The highest BCUT2D eigenvalue weighted by atomic mass is 79.9. The van der Waals surface area contributed by atoms with E-state index in [-0.39, 0.29) is 11.8 Å². The maximum atomic E-state index is 12.6. The van der Waals surface area contributed by atoms with Crippen molar-refractivity contribution in [3.8, 4) is 0 Å². The number of aromatic amines is 1. The number of nitrogens with one attached hydrogen (secondary N) is 2. The van der Waals surface area contributed by atoms with Crippen LogP contribution in [0, 0.1) is 5.92 Å². The Kier molecular flexibility index (Phi) is 4.40. The number of pyridine rings is 1. The Morgan fingerprint density at radius 2 is 2.16 bits per heavy atom. The number of halogens is 1. The van der Waals surface area contributed by atoms with Crippen LogP contribution < -0.4 is 10.2 Å². The molecule has 1 aromatic carbocycles. The van der Waals surface area contributed by atoms with Crippen molar-refractivity contribution in [2.45, 2.75) is 12.8 Å². The van der Waals surface area contributed by atoms with Crippen molar-refractivity contribution < 1.29 is 4.79 Å². The molecule has 128 valence electrons. The van der Waals surface area contributed by atoms with E-state index < -0.39 is 0 Å². The third kappa shape index (κ3) is 3.51. The fraction of sp³-hybridized carbons (Fsp3) is 0.278. The zero-order chi connectivity index (χ0) is 17.2. The first kappa shape index (κ1) is 16.1. The summed E-state index contributed by atoms with van der Waals surface area (Å²) >= 11 is 3.34. The zero-order valence-electron chi connectivity index (χ0n) is 13.6. The second-order valence-corrected chi connectivity index (χ2v) is 7.13. The summed E-state index contributed by atoms with van der Waals surface area (Å²) in [5.41, 5.74) is 1.96. The number of carbonyl (C=O) groups excluding carboxylic acids is 1. The van der Waals surface area contributed by atoms with Crippen LogP contribution in [0.3, 0.4) is 0 Å². The highest BCUT2D eigenvalue weighted by Gasteiger charge is 2.27. The molecule has 0 radical (unpaired) electrons. The normalized spacial score (nSPS) is 17.6. The van der Waals surface area contributed by atoms with Crippen molar-refractivity contribution in [1.29, 1.82) is 0 Å². The fourth-order valence-electron chi connectivity index (χ4n) is 3.15. The van der Waals surface area contributed by atoms with Crippen molar-refractivity contribution in [2.75, 3.05) is 23.3 Å². The standard InChI is InChI=1S/C18H18BrN5O/c19-13-7-8-16(20-10-13)23-17(25)12-4-3-9-24(11-12)18-21-14-5-1-2-6-15(14)22-18/h1-2,5-8,10,12H,3-4,9,11H2,(H,21,22)(H,20,23,25). The summed E-state index contributed by atoms with van der Waals surface area (Å²) in [5.74, 6) is 1.34. The van der Waals surface area contributed by atoms with E-state index in [4.69, 9.17) is 0 Å². The maximum absolute atomic E-state index is 12.6. The van der Waals surface area contributed by atoms with Gasteiger partial charge in [-0.1, -0.05) is 12.1 Å². The molecule has 25 heavy (non-hydrogen) atoms. The molecule has 1 aliphatic rings. The number of benzene rings is 1. The summed E-state index contributed by atoms with van der Waals surface area (Å²) < 4.78 is 0.888. The molecule has 1 unspecified atom stereocenters. The van der Waals surface area contributed by atoms with E-state index in [0.29, 0.717) is 12.4 Å². The molecule has 0 aliphatic carbocycles. The van der Waals surface area contributed by atoms with E-state index in [1.54, 1.807) is 12.3 Å². The number of imidazole rings is 1. The minimum Gasteiger partial charge on any atom is -0.342 e. The summed E-state index contributed by atoms with van der Waals surface area (Å²) in [6.45, 7) is 1.56. The SMILES string of the molecule is O=C(Nc1ccc(Br)cn1)C1CCCN(c2nc3ccccc3[nH]2)C1. The molecule has 1 fully saturated rings. The Labute approximate surface area is 153 Å². The topological polar surface area (TPSA) is 73.9 Å². The van der Waals surface area contributed by atoms with Gasteiger partial charge in [0.25, 0.3) is 0 Å². The number of para-hydroxylation sites is 2. The number of fused-ring (bicyclic) bond motifs is 1. The van der Waals surface area contributed by atoms with E-state index in [9.17, 15) is 4.79 Å². The average Bonchev–Trinajstić information content (AvgIpc) is 3.08. The predicted molar refractivity (Wildman–Crippen MR) is 102 cm³/mol. The third-order valence-electron chi connectivity index (χ3n) is 4.45. The molecule has 0 spiro atoms. The van der Waals surface area contributed by atoms with Gasteiger partial charge in [-0.25, -0.2) is 9.97 Å². The summed E-state index contributed by atoms with van der Waals surface area (Å²) in [5, 5.41) is 2.91. The molecule has 7 heteroatoms. The van der Waals surface area contributed by atoms with Gasteiger partial charge in [0.2, 0.25) is 11.9 Å². The van der Waals surface area contributed by atoms with Gasteiger partial charge in [0.1, 0.15) is 5.82 Å². The lowest BCUT2D eigenvalue weighted by molar-refractivity contribution is -0.120.